The Morgan fingerprint density at radius 1 is 1.13 bits per heavy atom. The van der Waals surface area contributed by atoms with Crippen LogP contribution in [0.15, 0.2) is 57.9 Å². The van der Waals surface area contributed by atoms with Gasteiger partial charge in [0.1, 0.15) is 5.75 Å². The fraction of sp³-hybridized carbons (Fsp3) is 0.391. The summed E-state index contributed by atoms with van der Waals surface area (Å²) in [5.41, 5.74) is 0.671. The number of piperidine rings is 1. The second kappa shape index (κ2) is 11.4. The number of carbonyl (C=O) groups excluding carboxylic acids is 2. The van der Waals surface area contributed by atoms with Crippen molar-refractivity contribution in [3.8, 4) is 5.75 Å². The van der Waals surface area contributed by atoms with Crippen LogP contribution in [0.1, 0.15) is 36.5 Å². The highest BCUT2D eigenvalue weighted by Gasteiger charge is 2.24. The van der Waals surface area contributed by atoms with Crippen LogP contribution in [0.3, 0.4) is 0 Å². The highest BCUT2D eigenvalue weighted by molar-refractivity contribution is 9.10. The monoisotopic (exact) mass is 490 g/mol. The number of benzene rings is 2. The Bertz CT molecular complexity index is 852. The smallest absolute Gasteiger partial charge is 0.253 e. The third-order valence-electron chi connectivity index (χ3n) is 4.98. The van der Waals surface area contributed by atoms with Gasteiger partial charge in [0.25, 0.3) is 5.91 Å². The summed E-state index contributed by atoms with van der Waals surface area (Å²) in [5, 5.41) is 3.12. The lowest BCUT2D eigenvalue weighted by Gasteiger charge is -2.32. The van der Waals surface area contributed by atoms with Crippen LogP contribution in [0.2, 0.25) is 0 Å². The molecule has 2 aromatic carbocycles. The molecule has 0 aliphatic carbocycles. The molecule has 7 heteroatoms. The molecule has 0 spiro atoms. The summed E-state index contributed by atoms with van der Waals surface area (Å²) in [6, 6.07) is 15.4. The van der Waals surface area contributed by atoms with Gasteiger partial charge in [-0.3, -0.25) is 9.59 Å². The van der Waals surface area contributed by atoms with Gasteiger partial charge in [0, 0.05) is 46.2 Å². The van der Waals surface area contributed by atoms with Crippen LogP contribution in [-0.2, 0) is 4.79 Å². The van der Waals surface area contributed by atoms with E-state index in [9.17, 15) is 9.59 Å². The molecule has 1 aliphatic rings. The quantitative estimate of drug-likeness (QED) is 0.542. The second-order valence-corrected chi connectivity index (χ2v) is 9.11. The summed E-state index contributed by atoms with van der Waals surface area (Å²) in [7, 11) is 0. The molecule has 1 aliphatic heterocycles. The van der Waals surface area contributed by atoms with Crippen LogP contribution in [0.4, 0.5) is 0 Å². The van der Waals surface area contributed by atoms with E-state index in [0.29, 0.717) is 31.7 Å². The van der Waals surface area contributed by atoms with E-state index < -0.39 is 0 Å². The van der Waals surface area contributed by atoms with Crippen molar-refractivity contribution in [1.29, 1.82) is 0 Å². The zero-order valence-electron chi connectivity index (χ0n) is 17.1. The Hall–Kier alpha value is -1.99. The average molecular weight is 491 g/mol. The van der Waals surface area contributed by atoms with E-state index in [2.05, 4.69) is 21.2 Å². The van der Waals surface area contributed by atoms with Crippen LogP contribution >= 0.6 is 27.7 Å². The van der Waals surface area contributed by atoms with Crippen molar-refractivity contribution in [1.82, 2.24) is 10.2 Å². The maximum atomic E-state index is 12.7. The molecule has 5 nitrogen and oxygen atoms in total. The van der Waals surface area contributed by atoms with Gasteiger partial charge in [-0.25, -0.2) is 0 Å². The van der Waals surface area contributed by atoms with Gasteiger partial charge < -0.3 is 15.0 Å². The predicted molar refractivity (Wildman–Crippen MR) is 124 cm³/mol. The molecule has 1 fully saturated rings. The highest BCUT2D eigenvalue weighted by Crippen LogP contribution is 2.27. The van der Waals surface area contributed by atoms with Crippen molar-refractivity contribution in [2.45, 2.75) is 37.1 Å². The molecule has 0 bridgehead atoms. The summed E-state index contributed by atoms with van der Waals surface area (Å²) in [6.07, 6.45) is 2.05. The standard InChI is InChI=1S/C23H27BrN2O3S/c1-2-29-19-9-7-17(8-10-19)23(28)26-14-11-18(12-15-26)25-22(27)13-16-30-21-6-4-3-5-20(21)24/h3-10,18H,2,11-16H2,1H3,(H,25,27). The molecule has 2 aromatic rings. The minimum absolute atomic E-state index is 0.0349. The van der Waals surface area contributed by atoms with Gasteiger partial charge in [-0.05, 0) is 72.1 Å². The molecular weight excluding hydrogens is 464 g/mol. The minimum atomic E-state index is 0.0349. The van der Waals surface area contributed by atoms with E-state index in [1.165, 1.54) is 0 Å². The second-order valence-electron chi connectivity index (χ2n) is 7.12. The highest BCUT2D eigenvalue weighted by atomic mass is 79.9. The van der Waals surface area contributed by atoms with E-state index in [1.54, 1.807) is 11.8 Å². The first-order valence-corrected chi connectivity index (χ1v) is 12.0. The van der Waals surface area contributed by atoms with Gasteiger partial charge in [0.05, 0.1) is 6.61 Å². The van der Waals surface area contributed by atoms with Crippen molar-refractivity contribution in [3.63, 3.8) is 0 Å². The van der Waals surface area contributed by atoms with E-state index >= 15 is 0 Å². The molecule has 0 atom stereocenters. The summed E-state index contributed by atoms with van der Waals surface area (Å²) < 4.78 is 6.48. The number of carbonyl (C=O) groups is 2. The number of nitrogens with zero attached hydrogens (tertiary/aromatic N) is 1. The Kier molecular flexibility index (Phi) is 8.63. The Balaban J connectivity index is 1.39. The lowest BCUT2D eigenvalue weighted by molar-refractivity contribution is -0.121. The van der Waals surface area contributed by atoms with Crippen molar-refractivity contribution in [3.05, 3.63) is 58.6 Å². The lowest BCUT2D eigenvalue weighted by atomic mass is 10.0. The van der Waals surface area contributed by atoms with Gasteiger partial charge in [0.15, 0.2) is 0 Å². The van der Waals surface area contributed by atoms with Gasteiger partial charge in [-0.1, -0.05) is 12.1 Å². The van der Waals surface area contributed by atoms with E-state index in [-0.39, 0.29) is 17.9 Å². The third kappa shape index (κ3) is 6.51. The number of hydrogen-bond acceptors (Lipinski definition) is 4. The van der Waals surface area contributed by atoms with E-state index in [4.69, 9.17) is 4.74 Å². The number of amides is 2. The van der Waals surface area contributed by atoms with Crippen molar-refractivity contribution in [2.75, 3.05) is 25.4 Å². The van der Waals surface area contributed by atoms with E-state index in [1.807, 2.05) is 60.4 Å². The largest absolute Gasteiger partial charge is 0.494 e. The topological polar surface area (TPSA) is 58.6 Å². The maximum absolute atomic E-state index is 12.7. The number of nitrogens with one attached hydrogen (secondary N) is 1. The summed E-state index contributed by atoms with van der Waals surface area (Å²) in [5.74, 6) is 1.62. The number of ether oxygens (including phenoxy) is 1. The first-order valence-electron chi connectivity index (χ1n) is 10.3. The molecule has 0 aromatic heterocycles. The minimum Gasteiger partial charge on any atom is -0.494 e. The third-order valence-corrected chi connectivity index (χ3v) is 7.01. The van der Waals surface area contributed by atoms with Gasteiger partial charge in [-0.15, -0.1) is 11.8 Å². The molecule has 1 N–H and O–H groups in total. The predicted octanol–water partition coefficient (Wildman–Crippen LogP) is 4.75. The number of thioether (sulfide) groups is 1. The zero-order chi connectivity index (χ0) is 21.3. The van der Waals surface area contributed by atoms with Crippen molar-refractivity contribution >= 4 is 39.5 Å². The van der Waals surface area contributed by atoms with Crippen LogP contribution in [0, 0.1) is 0 Å². The Morgan fingerprint density at radius 3 is 2.50 bits per heavy atom. The molecular formula is C23H27BrN2O3S. The first kappa shape index (κ1) is 22.7. The van der Waals surface area contributed by atoms with Crippen LogP contribution in [-0.4, -0.2) is 48.2 Å². The SMILES string of the molecule is CCOc1ccc(C(=O)N2CCC(NC(=O)CCSc3ccccc3Br)CC2)cc1. The lowest BCUT2D eigenvalue weighted by Crippen LogP contribution is -2.46. The van der Waals surface area contributed by atoms with E-state index in [0.717, 1.165) is 33.7 Å². The first-order chi connectivity index (χ1) is 14.6. The summed E-state index contributed by atoms with van der Waals surface area (Å²) >= 11 is 5.20. The van der Waals surface area contributed by atoms with Crippen molar-refractivity contribution < 1.29 is 14.3 Å². The Morgan fingerprint density at radius 2 is 1.83 bits per heavy atom. The molecule has 0 unspecified atom stereocenters. The van der Waals surface area contributed by atoms with Crippen LogP contribution < -0.4 is 10.1 Å². The number of likely N-dealkylation sites (tertiary alicyclic amines) is 1. The molecule has 1 heterocycles. The fourth-order valence-corrected chi connectivity index (χ4v) is 4.90. The number of halogens is 1. The number of hydrogen-bond donors (Lipinski definition) is 1. The summed E-state index contributed by atoms with van der Waals surface area (Å²) in [6.45, 7) is 3.85. The van der Waals surface area contributed by atoms with Crippen LogP contribution in [0.5, 0.6) is 5.75 Å². The summed E-state index contributed by atoms with van der Waals surface area (Å²) in [4.78, 5) is 28.0. The molecule has 1 saturated heterocycles. The fourth-order valence-electron chi connectivity index (χ4n) is 3.39. The molecule has 0 radical (unpaired) electrons. The zero-order valence-corrected chi connectivity index (χ0v) is 19.5. The van der Waals surface area contributed by atoms with Gasteiger partial charge in [0.2, 0.25) is 5.91 Å². The maximum Gasteiger partial charge on any atom is 0.253 e. The van der Waals surface area contributed by atoms with Crippen LogP contribution in [0.25, 0.3) is 0 Å². The molecule has 0 saturated carbocycles. The Labute approximate surface area is 190 Å². The molecule has 30 heavy (non-hydrogen) atoms. The van der Waals surface area contributed by atoms with Crippen molar-refractivity contribution in [2.24, 2.45) is 0 Å². The molecule has 3 rings (SSSR count). The van der Waals surface area contributed by atoms with Gasteiger partial charge in [-0.2, -0.15) is 0 Å². The normalized spacial score (nSPS) is 14.4. The number of rotatable bonds is 8. The molecule has 2 amide bonds. The van der Waals surface area contributed by atoms with Gasteiger partial charge >= 0.3 is 0 Å². The molecule has 160 valence electrons. The average Bonchev–Trinajstić information content (AvgIpc) is 2.76.